The van der Waals surface area contributed by atoms with Crippen LogP contribution in [-0.2, 0) is 11.4 Å². The van der Waals surface area contributed by atoms with Crippen LogP contribution in [0.15, 0.2) is 66.7 Å². The molecule has 0 heterocycles. The number of hydrogen-bond donors (Lipinski definition) is 3. The van der Waals surface area contributed by atoms with Gasteiger partial charge in [0.1, 0.15) is 12.4 Å². The zero-order valence-corrected chi connectivity index (χ0v) is 19.3. The highest BCUT2D eigenvalue weighted by Gasteiger charge is 2.13. The highest BCUT2D eigenvalue weighted by molar-refractivity contribution is 6.31. The van der Waals surface area contributed by atoms with Crippen molar-refractivity contribution in [3.63, 3.8) is 0 Å². The van der Waals surface area contributed by atoms with Crippen LogP contribution >= 0.6 is 11.6 Å². The zero-order valence-electron chi connectivity index (χ0n) is 18.5. The summed E-state index contributed by atoms with van der Waals surface area (Å²) in [4.78, 5) is 46.4. The van der Waals surface area contributed by atoms with E-state index in [0.29, 0.717) is 22.9 Å². The predicted molar refractivity (Wildman–Crippen MR) is 128 cm³/mol. The third-order valence-corrected chi connectivity index (χ3v) is 5.22. The van der Waals surface area contributed by atoms with Crippen molar-refractivity contribution in [1.82, 2.24) is 16.2 Å². The second-order valence-corrected chi connectivity index (χ2v) is 7.80. The number of halogens is 1. The second-order valence-electron chi connectivity index (χ2n) is 7.39. The van der Waals surface area contributed by atoms with Crippen LogP contribution < -0.4 is 20.9 Å². The summed E-state index contributed by atoms with van der Waals surface area (Å²) >= 11 is 6.00. The van der Waals surface area contributed by atoms with Crippen molar-refractivity contribution in [2.45, 2.75) is 13.5 Å². The van der Waals surface area contributed by atoms with Crippen LogP contribution in [0.4, 0.5) is 5.69 Å². The van der Waals surface area contributed by atoms with E-state index in [1.807, 2.05) is 13.0 Å². The molecule has 0 aliphatic carbocycles. The van der Waals surface area contributed by atoms with Gasteiger partial charge in [0.05, 0.1) is 11.5 Å². The predicted octanol–water partition coefficient (Wildman–Crippen LogP) is 3.33. The molecule has 0 aliphatic heterocycles. The minimum absolute atomic E-state index is 0.0336. The molecule has 0 aliphatic rings. The third kappa shape index (κ3) is 7.27. The molecule has 0 saturated heterocycles. The average molecular weight is 497 g/mol. The van der Waals surface area contributed by atoms with E-state index in [2.05, 4.69) is 16.2 Å². The number of nitro benzene ring substituents is 1. The molecule has 0 spiro atoms. The van der Waals surface area contributed by atoms with Crippen molar-refractivity contribution in [3.05, 3.63) is 104 Å². The molecule has 35 heavy (non-hydrogen) atoms. The minimum Gasteiger partial charge on any atom is -0.489 e. The highest BCUT2D eigenvalue weighted by Crippen LogP contribution is 2.22. The molecule has 10 nitrogen and oxygen atoms in total. The summed E-state index contributed by atoms with van der Waals surface area (Å²) < 4.78 is 5.72. The number of non-ortho nitro benzene ring substituents is 1. The lowest BCUT2D eigenvalue weighted by Gasteiger charge is -2.10. The van der Waals surface area contributed by atoms with Crippen LogP contribution in [-0.4, -0.2) is 29.2 Å². The Labute approximate surface area is 205 Å². The number of nitro groups is 1. The molecule has 180 valence electrons. The van der Waals surface area contributed by atoms with Gasteiger partial charge in [0.2, 0.25) is 0 Å². The van der Waals surface area contributed by atoms with E-state index < -0.39 is 29.2 Å². The summed E-state index contributed by atoms with van der Waals surface area (Å²) in [5, 5.41) is 13.8. The summed E-state index contributed by atoms with van der Waals surface area (Å²) in [5.41, 5.74) is 6.28. The largest absolute Gasteiger partial charge is 0.489 e. The zero-order chi connectivity index (χ0) is 25.4. The molecule has 0 aromatic heterocycles. The Hall–Kier alpha value is -4.44. The fourth-order valence-corrected chi connectivity index (χ4v) is 3.01. The van der Waals surface area contributed by atoms with Gasteiger partial charge < -0.3 is 10.1 Å². The Bertz CT molecular complexity index is 1260. The van der Waals surface area contributed by atoms with Crippen molar-refractivity contribution < 1.29 is 24.0 Å². The first kappa shape index (κ1) is 25.2. The monoisotopic (exact) mass is 496 g/mol. The second kappa shape index (κ2) is 11.6. The number of carbonyl (C=O) groups excluding carboxylic acids is 3. The van der Waals surface area contributed by atoms with Crippen LogP contribution in [0.2, 0.25) is 5.02 Å². The van der Waals surface area contributed by atoms with Gasteiger partial charge >= 0.3 is 0 Å². The van der Waals surface area contributed by atoms with Crippen molar-refractivity contribution in [2.75, 3.05) is 6.54 Å². The molecule has 0 radical (unpaired) electrons. The van der Waals surface area contributed by atoms with Crippen molar-refractivity contribution in [2.24, 2.45) is 0 Å². The van der Waals surface area contributed by atoms with Crippen LogP contribution in [0.1, 0.15) is 31.8 Å². The van der Waals surface area contributed by atoms with Crippen molar-refractivity contribution >= 4 is 35.0 Å². The summed E-state index contributed by atoms with van der Waals surface area (Å²) in [6, 6.07) is 17.1. The first-order valence-electron chi connectivity index (χ1n) is 10.3. The maximum Gasteiger partial charge on any atom is 0.270 e. The Balaban J connectivity index is 1.43. The first-order chi connectivity index (χ1) is 16.7. The fraction of sp³-hybridized carbons (Fsp3) is 0.125. The number of rotatable bonds is 8. The van der Waals surface area contributed by atoms with E-state index in [4.69, 9.17) is 16.3 Å². The Morgan fingerprint density at radius 1 is 0.943 bits per heavy atom. The number of nitrogens with zero attached hydrogens (tertiary/aromatic N) is 1. The Morgan fingerprint density at radius 3 is 2.37 bits per heavy atom. The molecular weight excluding hydrogens is 476 g/mol. The molecule has 3 aromatic rings. The van der Waals surface area contributed by atoms with E-state index in [0.717, 1.165) is 17.2 Å². The number of hydrazine groups is 1. The van der Waals surface area contributed by atoms with Gasteiger partial charge in [-0.3, -0.25) is 35.3 Å². The van der Waals surface area contributed by atoms with Gasteiger partial charge in [-0.1, -0.05) is 29.8 Å². The topological polar surface area (TPSA) is 140 Å². The van der Waals surface area contributed by atoms with Gasteiger partial charge in [-0.25, -0.2) is 0 Å². The Kier molecular flexibility index (Phi) is 8.36. The fourth-order valence-electron chi connectivity index (χ4n) is 2.89. The number of benzene rings is 3. The van der Waals surface area contributed by atoms with Gasteiger partial charge in [-0.2, -0.15) is 0 Å². The molecule has 3 amide bonds. The molecule has 0 unspecified atom stereocenters. The quantitative estimate of drug-likeness (QED) is 0.323. The van der Waals surface area contributed by atoms with E-state index >= 15 is 0 Å². The number of nitrogens with one attached hydrogen (secondary N) is 3. The number of amides is 3. The molecule has 3 aromatic carbocycles. The molecule has 3 rings (SSSR count). The van der Waals surface area contributed by atoms with Crippen LogP contribution in [0.5, 0.6) is 5.75 Å². The lowest BCUT2D eigenvalue weighted by atomic mass is 10.1. The van der Waals surface area contributed by atoms with E-state index in [1.165, 1.54) is 18.2 Å². The van der Waals surface area contributed by atoms with Crippen LogP contribution in [0.3, 0.4) is 0 Å². The standard InChI is InChI=1S/C24H21ClN4O6/c1-15-11-20(9-10-21(15)25)35-14-16-5-7-17(8-6-16)24(32)28-27-22(30)13-26-23(31)18-3-2-4-19(12-18)29(33)34/h2-12H,13-14H2,1H3,(H,26,31)(H,27,30)(H,28,32). The SMILES string of the molecule is Cc1cc(OCc2ccc(C(=O)NNC(=O)CNC(=O)c3cccc([N+](=O)[O-])c3)cc2)ccc1Cl. The maximum absolute atomic E-state index is 12.2. The molecule has 0 atom stereocenters. The maximum atomic E-state index is 12.2. The highest BCUT2D eigenvalue weighted by atomic mass is 35.5. The Morgan fingerprint density at radius 2 is 1.69 bits per heavy atom. The molecule has 0 fully saturated rings. The molecule has 11 heteroatoms. The molecular formula is C24H21ClN4O6. The summed E-state index contributed by atoms with van der Waals surface area (Å²) in [6.45, 7) is 1.73. The van der Waals surface area contributed by atoms with Crippen molar-refractivity contribution in [1.29, 1.82) is 0 Å². The lowest BCUT2D eigenvalue weighted by Crippen LogP contribution is -2.46. The molecule has 3 N–H and O–H groups in total. The molecule has 0 bridgehead atoms. The van der Waals surface area contributed by atoms with Gasteiger partial charge in [0.25, 0.3) is 23.4 Å². The summed E-state index contributed by atoms with van der Waals surface area (Å²) in [7, 11) is 0. The summed E-state index contributed by atoms with van der Waals surface area (Å²) in [5.74, 6) is -1.22. The number of hydrogen-bond acceptors (Lipinski definition) is 6. The van der Waals surface area contributed by atoms with Gasteiger partial charge in [-0.15, -0.1) is 0 Å². The van der Waals surface area contributed by atoms with Crippen LogP contribution in [0, 0.1) is 17.0 Å². The lowest BCUT2D eigenvalue weighted by molar-refractivity contribution is -0.384. The van der Waals surface area contributed by atoms with E-state index in [1.54, 1.807) is 36.4 Å². The minimum atomic E-state index is -0.680. The normalized spacial score (nSPS) is 10.2. The third-order valence-electron chi connectivity index (χ3n) is 4.80. The van der Waals surface area contributed by atoms with Gasteiger partial charge in [0, 0.05) is 28.3 Å². The van der Waals surface area contributed by atoms with Crippen LogP contribution in [0.25, 0.3) is 0 Å². The molecule has 0 saturated carbocycles. The van der Waals surface area contributed by atoms with E-state index in [9.17, 15) is 24.5 Å². The van der Waals surface area contributed by atoms with E-state index in [-0.39, 0.29) is 11.3 Å². The average Bonchev–Trinajstić information content (AvgIpc) is 2.86. The first-order valence-corrected chi connectivity index (χ1v) is 10.7. The number of carbonyl (C=O) groups is 3. The summed E-state index contributed by atoms with van der Waals surface area (Å²) in [6.07, 6.45) is 0. The number of aryl methyl sites for hydroxylation is 1. The van der Waals surface area contributed by atoms with Gasteiger partial charge in [-0.05, 0) is 54.4 Å². The van der Waals surface area contributed by atoms with Gasteiger partial charge in [0.15, 0.2) is 0 Å². The smallest absolute Gasteiger partial charge is 0.270 e. The number of ether oxygens (including phenoxy) is 1. The van der Waals surface area contributed by atoms with Crippen molar-refractivity contribution in [3.8, 4) is 5.75 Å².